The van der Waals surface area contributed by atoms with Gasteiger partial charge in [-0.15, -0.1) is 0 Å². The number of aryl methyl sites for hydroxylation is 1. The number of nitrogens with one attached hydrogen (secondary N) is 1. The van der Waals surface area contributed by atoms with Crippen molar-refractivity contribution in [3.05, 3.63) is 46.5 Å². The van der Waals surface area contributed by atoms with E-state index in [4.69, 9.17) is 11.6 Å². The van der Waals surface area contributed by atoms with Gasteiger partial charge in [-0.1, -0.05) is 11.6 Å². The normalized spacial score (nSPS) is 17.1. The molecule has 2 amide bonds. The van der Waals surface area contributed by atoms with Gasteiger partial charge in [0.05, 0.1) is 5.02 Å². The van der Waals surface area contributed by atoms with Crippen molar-refractivity contribution in [2.45, 2.75) is 12.5 Å². The summed E-state index contributed by atoms with van der Waals surface area (Å²) in [5.41, 5.74) is 0.374. The molecule has 1 aliphatic heterocycles. The van der Waals surface area contributed by atoms with E-state index in [-0.39, 0.29) is 33.9 Å². The molecule has 1 N–H and O–H groups in total. The number of likely N-dealkylation sites (tertiary alicyclic amines) is 1. The van der Waals surface area contributed by atoms with Gasteiger partial charge >= 0.3 is 0 Å². The Hall–Kier alpha value is -2.45. The number of halogens is 2. The molecule has 0 radical (unpaired) electrons. The molecule has 2 aromatic rings. The summed E-state index contributed by atoms with van der Waals surface area (Å²) >= 11 is 5.96. The molecule has 0 bridgehead atoms. The summed E-state index contributed by atoms with van der Waals surface area (Å²) < 4.78 is 15.5. The number of carbonyl (C=O) groups excluding carboxylic acids is 2. The van der Waals surface area contributed by atoms with E-state index in [2.05, 4.69) is 15.3 Å². The molecular formula is C18H21ClFN5O2. The van der Waals surface area contributed by atoms with E-state index >= 15 is 0 Å². The number of benzene rings is 1. The van der Waals surface area contributed by atoms with Gasteiger partial charge in [0.1, 0.15) is 5.82 Å². The summed E-state index contributed by atoms with van der Waals surface area (Å²) in [6.45, 7) is 1.69. The zero-order valence-corrected chi connectivity index (χ0v) is 16.1. The van der Waals surface area contributed by atoms with Crippen molar-refractivity contribution in [1.82, 2.24) is 19.6 Å². The maximum atomic E-state index is 14.1. The summed E-state index contributed by atoms with van der Waals surface area (Å²) in [5.74, 6) is -1.48. The molecule has 1 unspecified atom stereocenters. The summed E-state index contributed by atoms with van der Waals surface area (Å²) in [7, 11) is 5.35. The fourth-order valence-electron chi connectivity index (χ4n) is 3.19. The largest absolute Gasteiger partial charge is 0.337 e. The number of carbonyl (C=O) groups is 2. The smallest absolute Gasteiger partial charge is 0.277 e. The van der Waals surface area contributed by atoms with Crippen LogP contribution >= 0.6 is 11.6 Å². The second-order valence-electron chi connectivity index (χ2n) is 6.80. The molecule has 27 heavy (non-hydrogen) atoms. The molecule has 2 heterocycles. The third kappa shape index (κ3) is 4.28. The van der Waals surface area contributed by atoms with Crippen LogP contribution in [0.15, 0.2) is 24.4 Å². The van der Waals surface area contributed by atoms with Crippen LogP contribution in [0.1, 0.15) is 27.3 Å². The highest BCUT2D eigenvalue weighted by Crippen LogP contribution is 2.21. The lowest BCUT2D eigenvalue weighted by Gasteiger charge is -2.24. The molecule has 0 saturated carbocycles. The molecule has 1 atom stereocenters. The fourth-order valence-corrected chi connectivity index (χ4v) is 3.45. The van der Waals surface area contributed by atoms with Crippen LogP contribution in [-0.4, -0.2) is 64.6 Å². The Labute approximate surface area is 161 Å². The van der Waals surface area contributed by atoms with Crippen molar-refractivity contribution < 1.29 is 14.0 Å². The predicted octanol–water partition coefficient (Wildman–Crippen LogP) is 2.24. The number of amides is 2. The number of anilines is 1. The van der Waals surface area contributed by atoms with Crippen LogP contribution in [-0.2, 0) is 7.05 Å². The van der Waals surface area contributed by atoms with Gasteiger partial charge in [0, 0.05) is 44.1 Å². The van der Waals surface area contributed by atoms with Crippen LogP contribution in [0.2, 0.25) is 5.02 Å². The van der Waals surface area contributed by atoms with Crippen LogP contribution in [0, 0.1) is 5.82 Å². The summed E-state index contributed by atoms with van der Waals surface area (Å²) in [6.07, 6.45) is 2.36. The van der Waals surface area contributed by atoms with Crippen molar-refractivity contribution in [1.29, 1.82) is 0 Å². The van der Waals surface area contributed by atoms with Gasteiger partial charge in [0.15, 0.2) is 5.69 Å². The minimum atomic E-state index is -0.611. The quantitative estimate of drug-likeness (QED) is 0.864. The van der Waals surface area contributed by atoms with Crippen molar-refractivity contribution in [3.8, 4) is 0 Å². The first kappa shape index (κ1) is 19.3. The number of hydrogen-bond donors (Lipinski definition) is 1. The average Bonchev–Trinajstić information content (AvgIpc) is 3.18. The van der Waals surface area contributed by atoms with E-state index in [9.17, 15) is 14.0 Å². The number of rotatable bonds is 4. The maximum Gasteiger partial charge on any atom is 0.277 e. The summed E-state index contributed by atoms with van der Waals surface area (Å²) in [6, 6.07) is 3.85. The lowest BCUT2D eigenvalue weighted by Crippen LogP contribution is -2.38. The second kappa shape index (κ2) is 7.66. The van der Waals surface area contributed by atoms with Gasteiger partial charge < -0.3 is 15.1 Å². The Kier molecular flexibility index (Phi) is 5.48. The van der Waals surface area contributed by atoms with Crippen LogP contribution in [0.25, 0.3) is 0 Å². The lowest BCUT2D eigenvalue weighted by molar-refractivity contribution is 0.0737. The minimum absolute atomic E-state index is 0.0300. The molecular weight excluding hydrogens is 373 g/mol. The summed E-state index contributed by atoms with van der Waals surface area (Å²) in [5, 5.41) is 6.71. The third-order valence-electron chi connectivity index (χ3n) is 4.64. The SMILES string of the molecule is CN1CCC(N(C)C(=O)c2cc(F)cc(NC(=O)c3nn(C)cc3Cl)c2)C1. The first-order valence-electron chi connectivity index (χ1n) is 8.51. The van der Waals surface area contributed by atoms with Gasteiger partial charge in [0.25, 0.3) is 11.8 Å². The highest BCUT2D eigenvalue weighted by atomic mass is 35.5. The Balaban J connectivity index is 1.78. The van der Waals surface area contributed by atoms with Crippen LogP contribution in [0.4, 0.5) is 10.1 Å². The van der Waals surface area contributed by atoms with E-state index in [1.807, 2.05) is 7.05 Å². The Morgan fingerprint density at radius 2 is 2.07 bits per heavy atom. The lowest BCUT2D eigenvalue weighted by atomic mass is 10.1. The first-order valence-corrected chi connectivity index (χ1v) is 8.89. The molecule has 1 aliphatic rings. The molecule has 9 heteroatoms. The average molecular weight is 394 g/mol. The predicted molar refractivity (Wildman–Crippen MR) is 101 cm³/mol. The number of aromatic nitrogens is 2. The zero-order chi connectivity index (χ0) is 19.7. The van der Waals surface area contributed by atoms with Crippen LogP contribution < -0.4 is 5.32 Å². The molecule has 1 fully saturated rings. The molecule has 3 rings (SSSR count). The van der Waals surface area contributed by atoms with E-state index in [1.54, 1.807) is 19.0 Å². The monoisotopic (exact) mass is 393 g/mol. The number of hydrogen-bond acceptors (Lipinski definition) is 4. The van der Waals surface area contributed by atoms with Crippen molar-refractivity contribution in [2.24, 2.45) is 7.05 Å². The summed E-state index contributed by atoms with van der Waals surface area (Å²) in [4.78, 5) is 28.8. The topological polar surface area (TPSA) is 70.5 Å². The van der Waals surface area contributed by atoms with Crippen molar-refractivity contribution in [2.75, 3.05) is 32.5 Å². The van der Waals surface area contributed by atoms with E-state index in [1.165, 1.54) is 23.0 Å². The van der Waals surface area contributed by atoms with Gasteiger partial charge in [-0.3, -0.25) is 14.3 Å². The van der Waals surface area contributed by atoms with E-state index in [0.29, 0.717) is 0 Å². The highest BCUT2D eigenvalue weighted by Gasteiger charge is 2.27. The maximum absolute atomic E-state index is 14.1. The molecule has 1 aromatic heterocycles. The number of likely N-dealkylation sites (N-methyl/N-ethyl adjacent to an activating group) is 2. The van der Waals surface area contributed by atoms with E-state index in [0.717, 1.165) is 25.6 Å². The minimum Gasteiger partial charge on any atom is -0.337 e. The number of nitrogens with zero attached hydrogens (tertiary/aromatic N) is 4. The second-order valence-corrected chi connectivity index (χ2v) is 7.21. The standard InChI is InChI=1S/C18H21ClFN5O2/c1-23-5-4-14(9-23)25(3)18(27)11-6-12(20)8-13(7-11)21-17(26)16-15(19)10-24(2)22-16/h6-8,10,14H,4-5,9H2,1-3H3,(H,21,26). The molecule has 1 saturated heterocycles. The molecule has 0 aliphatic carbocycles. The van der Waals surface area contributed by atoms with Crippen molar-refractivity contribution >= 4 is 29.1 Å². The van der Waals surface area contributed by atoms with Crippen LogP contribution in [0.3, 0.4) is 0 Å². The van der Waals surface area contributed by atoms with Crippen LogP contribution in [0.5, 0.6) is 0 Å². The van der Waals surface area contributed by atoms with E-state index < -0.39 is 11.7 Å². The fraction of sp³-hybridized carbons (Fsp3) is 0.389. The molecule has 1 aromatic carbocycles. The Morgan fingerprint density at radius 1 is 1.33 bits per heavy atom. The van der Waals surface area contributed by atoms with Gasteiger partial charge in [-0.2, -0.15) is 5.10 Å². The highest BCUT2D eigenvalue weighted by molar-refractivity contribution is 6.34. The molecule has 7 nitrogen and oxygen atoms in total. The third-order valence-corrected chi connectivity index (χ3v) is 4.91. The first-order chi connectivity index (χ1) is 12.7. The molecule has 0 spiro atoms. The Bertz CT molecular complexity index is 885. The van der Waals surface area contributed by atoms with Crippen molar-refractivity contribution in [3.63, 3.8) is 0 Å². The van der Waals surface area contributed by atoms with Gasteiger partial charge in [0.2, 0.25) is 0 Å². The zero-order valence-electron chi connectivity index (χ0n) is 15.4. The molecule has 144 valence electrons. The Morgan fingerprint density at radius 3 is 2.67 bits per heavy atom. The van der Waals surface area contributed by atoms with Gasteiger partial charge in [-0.05, 0) is 38.2 Å². The van der Waals surface area contributed by atoms with Gasteiger partial charge in [-0.25, -0.2) is 4.39 Å².